The highest BCUT2D eigenvalue weighted by atomic mass is 32.3. The molecule has 0 unspecified atom stereocenters. The van der Waals surface area contributed by atoms with Gasteiger partial charge in [0.05, 0.1) is 14.2 Å². The highest BCUT2D eigenvalue weighted by Crippen LogP contribution is 2.21. The molecule has 0 aliphatic rings. The summed E-state index contributed by atoms with van der Waals surface area (Å²) in [6, 6.07) is 32.2. The first kappa shape index (κ1) is 44.7. The largest absolute Gasteiger partial charge is 0.399 e. The van der Waals surface area contributed by atoms with Crippen molar-refractivity contribution in [3.8, 4) is 0 Å². The van der Waals surface area contributed by atoms with E-state index in [-0.39, 0.29) is 10.2 Å². The van der Waals surface area contributed by atoms with Gasteiger partial charge >= 0.3 is 10.4 Å². The lowest BCUT2D eigenvalue weighted by molar-refractivity contribution is -0.671. The van der Waals surface area contributed by atoms with E-state index in [1.165, 1.54) is 23.5 Å². The van der Waals surface area contributed by atoms with Crippen LogP contribution in [0.4, 0.5) is 11.4 Å². The molecule has 5 aromatic rings. The van der Waals surface area contributed by atoms with Crippen LogP contribution in [0.1, 0.15) is 43.0 Å². The smallest absolute Gasteiger partial charge is 0.374 e. The number of hydrogen-bond acceptors (Lipinski definition) is 10. The van der Waals surface area contributed by atoms with E-state index >= 15 is 0 Å². The average molecular weight is 827 g/mol. The van der Waals surface area contributed by atoms with Crippen LogP contribution in [0.5, 0.6) is 0 Å². The van der Waals surface area contributed by atoms with Crippen molar-refractivity contribution in [2.75, 3.05) is 62.7 Å². The van der Waals surface area contributed by atoms with Crippen LogP contribution in [0.25, 0.3) is 24.3 Å². The molecule has 0 aliphatic carbocycles. The van der Waals surface area contributed by atoms with Crippen LogP contribution in [-0.2, 0) is 32.9 Å². The molecule has 0 amide bonds. The normalized spacial score (nSPS) is 11.3. The van der Waals surface area contributed by atoms with E-state index in [2.05, 4.69) is 115 Å². The molecule has 2 aromatic heterocycles. The minimum Gasteiger partial charge on any atom is -0.374 e. The first-order chi connectivity index (χ1) is 27.3. The number of hydrogen-bond donors (Lipinski definition) is 0. The van der Waals surface area contributed by atoms with E-state index < -0.39 is 10.4 Å². The molecule has 0 aliphatic heterocycles. The number of thioether (sulfide) groups is 2. The Kier molecular flexibility index (Phi) is 17.7. The zero-order valence-electron chi connectivity index (χ0n) is 33.1. The van der Waals surface area contributed by atoms with Crippen molar-refractivity contribution in [2.45, 2.75) is 0 Å². The Balaban J connectivity index is 0.000000940. The van der Waals surface area contributed by atoms with Gasteiger partial charge in [0, 0.05) is 85.5 Å². The maximum absolute atomic E-state index is 12.8. The van der Waals surface area contributed by atoms with Gasteiger partial charge < -0.3 is 9.80 Å². The van der Waals surface area contributed by atoms with Crippen LogP contribution in [0.2, 0.25) is 0 Å². The summed E-state index contributed by atoms with van der Waals surface area (Å²) in [5.41, 5.74) is 8.02. The van der Waals surface area contributed by atoms with Gasteiger partial charge in [0.1, 0.15) is 14.1 Å². The summed E-state index contributed by atoms with van der Waals surface area (Å²) in [6.07, 6.45) is 16.6. The lowest BCUT2D eigenvalue weighted by Crippen LogP contribution is -2.25. The van der Waals surface area contributed by atoms with Gasteiger partial charge in [-0.15, -0.1) is 0 Å². The van der Waals surface area contributed by atoms with Crippen LogP contribution >= 0.6 is 23.5 Å². The predicted molar refractivity (Wildman–Crippen MR) is 235 cm³/mol. The Morgan fingerprint density at radius 3 is 1.12 bits per heavy atom. The van der Waals surface area contributed by atoms with Gasteiger partial charge in [-0.3, -0.25) is 18.0 Å². The fourth-order valence-corrected chi connectivity index (χ4v) is 6.94. The maximum Gasteiger partial charge on any atom is 0.399 e. The minimum atomic E-state index is -3.66. The fourth-order valence-electron chi connectivity index (χ4n) is 5.10. The molecule has 0 bridgehead atoms. The first-order valence-electron chi connectivity index (χ1n) is 18.1. The summed E-state index contributed by atoms with van der Waals surface area (Å²) in [6.45, 7) is 1.48. The summed E-state index contributed by atoms with van der Waals surface area (Å²) in [7, 11) is 6.49. The second kappa shape index (κ2) is 22.6. The highest BCUT2D eigenvalue weighted by molar-refractivity contribution is 8.14. The number of anilines is 2. The van der Waals surface area contributed by atoms with Gasteiger partial charge in [-0.25, -0.2) is 9.13 Å². The van der Waals surface area contributed by atoms with Crippen molar-refractivity contribution in [3.63, 3.8) is 0 Å². The standard InChI is InChI=1S/C42H44N4O2S2.C2H6O4S/c1-43-25-21-35(22-26-43)7-5-33-9-17-39(18-10-33)45(3)29-31-49-41(47)37-13-15-38(16-14-37)42(48)50-32-30-46(4)40-19-11-34(12-20-40)6-8-36-23-27-44(2)28-24-36;1-5-7(3,4)6-2/h5-28H,29-32H2,1-4H3;1-2H3/q+2;. The molecule has 0 fully saturated rings. The van der Waals surface area contributed by atoms with Gasteiger partial charge in [-0.05, 0) is 70.8 Å². The molecule has 0 radical (unpaired) electrons. The molecule has 0 spiro atoms. The van der Waals surface area contributed by atoms with Gasteiger partial charge in [0.2, 0.25) is 10.2 Å². The van der Waals surface area contributed by atoms with Crippen molar-refractivity contribution in [3.05, 3.63) is 155 Å². The molecule has 0 atom stereocenters. The van der Waals surface area contributed by atoms with Crippen LogP contribution in [0.15, 0.2) is 122 Å². The van der Waals surface area contributed by atoms with Gasteiger partial charge in [0.25, 0.3) is 0 Å². The lowest BCUT2D eigenvalue weighted by atomic mass is 10.1. The van der Waals surface area contributed by atoms with Crippen molar-refractivity contribution in [1.29, 1.82) is 0 Å². The molecule has 0 N–H and O–H groups in total. The maximum atomic E-state index is 12.8. The quantitative estimate of drug-likeness (QED) is 0.0949. The molecule has 57 heavy (non-hydrogen) atoms. The lowest BCUT2D eigenvalue weighted by Gasteiger charge is -2.19. The van der Waals surface area contributed by atoms with Crippen molar-refractivity contribution in [1.82, 2.24) is 0 Å². The Hall–Kier alpha value is -5.05. The number of aryl methyl sites for hydroxylation is 2. The molecule has 0 saturated heterocycles. The zero-order chi connectivity index (χ0) is 41.2. The number of nitrogens with zero attached hydrogens (tertiary/aromatic N) is 4. The molecule has 0 saturated carbocycles. The van der Waals surface area contributed by atoms with Crippen LogP contribution in [0.3, 0.4) is 0 Å². The highest BCUT2D eigenvalue weighted by Gasteiger charge is 2.12. The van der Waals surface area contributed by atoms with Crippen molar-refractivity contribution in [2.24, 2.45) is 14.1 Å². The number of rotatable bonds is 16. The van der Waals surface area contributed by atoms with Gasteiger partial charge in [0.15, 0.2) is 24.8 Å². The summed E-state index contributed by atoms with van der Waals surface area (Å²) < 4.78 is 31.6. The summed E-state index contributed by atoms with van der Waals surface area (Å²) in [5, 5.41) is 0.0230. The minimum absolute atomic E-state index is 0.0115. The average Bonchev–Trinajstić information content (AvgIpc) is 3.23. The third kappa shape index (κ3) is 15.4. The zero-order valence-corrected chi connectivity index (χ0v) is 35.6. The Bertz CT molecular complexity index is 2040. The topological polar surface area (TPSA) is 101 Å². The molecule has 3 aromatic carbocycles. The molecule has 10 nitrogen and oxygen atoms in total. The third-order valence-electron chi connectivity index (χ3n) is 8.70. The number of benzene rings is 3. The molecule has 2 heterocycles. The molecular weight excluding hydrogens is 777 g/mol. The predicted octanol–water partition coefficient (Wildman–Crippen LogP) is 7.22. The fraction of sp³-hybridized carbons (Fsp3) is 0.227. The summed E-state index contributed by atoms with van der Waals surface area (Å²) in [4.78, 5) is 30.0. The van der Waals surface area contributed by atoms with E-state index in [0.29, 0.717) is 22.6 Å². The van der Waals surface area contributed by atoms with Crippen molar-refractivity contribution < 1.29 is 35.5 Å². The summed E-state index contributed by atoms with van der Waals surface area (Å²) in [5.74, 6) is 1.33. The first-order valence-corrected chi connectivity index (χ1v) is 21.4. The van der Waals surface area contributed by atoms with Crippen molar-refractivity contribution >= 4 is 79.8 Å². The Morgan fingerprint density at radius 2 is 0.842 bits per heavy atom. The van der Waals surface area contributed by atoms with E-state index in [4.69, 9.17) is 0 Å². The van der Waals surface area contributed by atoms with Crippen LogP contribution in [-0.4, -0.2) is 71.6 Å². The molecule has 298 valence electrons. The molecular formula is C44H50N4O6S3+2. The molecule has 5 rings (SSSR count). The third-order valence-corrected chi connectivity index (χ3v) is 11.3. The van der Waals surface area contributed by atoms with E-state index in [9.17, 15) is 18.0 Å². The van der Waals surface area contributed by atoms with E-state index in [1.807, 2.05) is 62.1 Å². The number of pyridine rings is 2. The number of carbonyl (C=O) groups excluding carboxylic acids is 2. The molecule has 13 heteroatoms. The number of carbonyl (C=O) groups is 2. The Labute approximate surface area is 345 Å². The van der Waals surface area contributed by atoms with Gasteiger partial charge in [-0.2, -0.15) is 8.42 Å². The SMILES string of the molecule is CN(CCSC(=O)c1ccc(C(=O)SCCN(C)c2ccc(/C=C/c3cc[n+](C)cc3)cc2)cc1)c1ccc(/C=C/c2cc[n+](C)cc2)cc1.COS(=O)(=O)OC. The van der Waals surface area contributed by atoms with Crippen LogP contribution in [0, 0.1) is 0 Å². The van der Waals surface area contributed by atoms with Gasteiger partial charge in [-0.1, -0.05) is 72.1 Å². The number of aromatic nitrogens is 2. The summed E-state index contributed by atoms with van der Waals surface area (Å²) >= 11 is 2.60. The van der Waals surface area contributed by atoms with Crippen LogP contribution < -0.4 is 18.9 Å². The van der Waals surface area contributed by atoms with E-state index in [1.54, 1.807) is 24.3 Å². The second-order valence-electron chi connectivity index (χ2n) is 12.9. The second-order valence-corrected chi connectivity index (χ2v) is 16.5. The monoisotopic (exact) mass is 826 g/mol. The Morgan fingerprint density at radius 1 is 0.544 bits per heavy atom. The van der Waals surface area contributed by atoms with E-state index in [0.717, 1.165) is 60.9 Å².